The van der Waals surface area contributed by atoms with Gasteiger partial charge in [0.05, 0.1) is 6.21 Å². The summed E-state index contributed by atoms with van der Waals surface area (Å²) in [5.41, 5.74) is 3.89. The standard InChI is InChI=1S/C9H11ClN2/c1-2-11-12-7-8-3-5-9(10)6-4-8/h3-7,11H,2H2,1H3. The van der Waals surface area contributed by atoms with E-state index in [1.54, 1.807) is 6.21 Å². The van der Waals surface area contributed by atoms with Crippen LogP contribution in [0, 0.1) is 0 Å². The zero-order chi connectivity index (χ0) is 8.81. The molecule has 0 aliphatic carbocycles. The van der Waals surface area contributed by atoms with Crippen LogP contribution in [0.1, 0.15) is 12.5 Å². The molecule has 64 valence electrons. The van der Waals surface area contributed by atoms with Gasteiger partial charge >= 0.3 is 0 Å². The monoisotopic (exact) mass is 182 g/mol. The predicted octanol–water partition coefficient (Wildman–Crippen LogP) is 2.28. The molecule has 1 aromatic carbocycles. The summed E-state index contributed by atoms with van der Waals surface area (Å²) in [5.74, 6) is 0. The molecular weight excluding hydrogens is 172 g/mol. The Hall–Kier alpha value is -1.02. The Balaban J connectivity index is 2.58. The highest BCUT2D eigenvalue weighted by atomic mass is 35.5. The average Bonchev–Trinajstić information content (AvgIpc) is 2.09. The number of benzene rings is 1. The maximum Gasteiger partial charge on any atom is 0.0540 e. The zero-order valence-electron chi connectivity index (χ0n) is 6.92. The molecule has 0 atom stereocenters. The van der Waals surface area contributed by atoms with E-state index in [1.807, 2.05) is 31.2 Å². The molecule has 0 spiro atoms. The first-order valence-corrected chi connectivity index (χ1v) is 4.22. The van der Waals surface area contributed by atoms with Gasteiger partial charge in [-0.15, -0.1) is 0 Å². The third kappa shape index (κ3) is 2.93. The molecule has 0 aliphatic rings. The van der Waals surface area contributed by atoms with Crippen molar-refractivity contribution in [2.45, 2.75) is 6.92 Å². The van der Waals surface area contributed by atoms with E-state index < -0.39 is 0 Å². The number of nitrogens with zero attached hydrogens (tertiary/aromatic N) is 1. The summed E-state index contributed by atoms with van der Waals surface area (Å²) < 4.78 is 0. The van der Waals surface area contributed by atoms with E-state index >= 15 is 0 Å². The Labute approximate surface area is 77.2 Å². The van der Waals surface area contributed by atoms with E-state index in [-0.39, 0.29) is 0 Å². The van der Waals surface area contributed by atoms with Crippen molar-refractivity contribution in [2.75, 3.05) is 6.54 Å². The summed E-state index contributed by atoms with van der Waals surface area (Å²) >= 11 is 5.71. The van der Waals surface area contributed by atoms with Crippen LogP contribution in [-0.4, -0.2) is 12.8 Å². The topological polar surface area (TPSA) is 24.4 Å². The molecule has 0 unspecified atom stereocenters. The predicted molar refractivity (Wildman–Crippen MR) is 52.7 cm³/mol. The molecule has 1 aromatic rings. The summed E-state index contributed by atoms with van der Waals surface area (Å²) in [6, 6.07) is 7.52. The van der Waals surface area contributed by atoms with Crippen LogP contribution in [0.5, 0.6) is 0 Å². The third-order valence-corrected chi connectivity index (χ3v) is 1.59. The molecule has 3 heteroatoms. The van der Waals surface area contributed by atoms with Crippen LogP contribution in [0.3, 0.4) is 0 Å². The Morgan fingerprint density at radius 1 is 1.42 bits per heavy atom. The van der Waals surface area contributed by atoms with Crippen LogP contribution in [0.25, 0.3) is 0 Å². The quantitative estimate of drug-likeness (QED) is 0.563. The van der Waals surface area contributed by atoms with Crippen LogP contribution in [0.4, 0.5) is 0 Å². The van der Waals surface area contributed by atoms with Gasteiger partial charge in [-0.3, -0.25) is 0 Å². The minimum Gasteiger partial charge on any atom is -0.310 e. The van der Waals surface area contributed by atoms with Crippen molar-refractivity contribution in [2.24, 2.45) is 5.10 Å². The van der Waals surface area contributed by atoms with Crippen molar-refractivity contribution in [1.29, 1.82) is 0 Å². The molecule has 0 aromatic heterocycles. The molecule has 0 fully saturated rings. The fourth-order valence-corrected chi connectivity index (χ4v) is 0.886. The van der Waals surface area contributed by atoms with Crippen LogP contribution in [-0.2, 0) is 0 Å². The molecule has 2 nitrogen and oxygen atoms in total. The SMILES string of the molecule is CCNN=Cc1ccc(Cl)cc1. The van der Waals surface area contributed by atoms with Gasteiger partial charge in [-0.05, 0) is 24.6 Å². The third-order valence-electron chi connectivity index (χ3n) is 1.33. The molecule has 12 heavy (non-hydrogen) atoms. The summed E-state index contributed by atoms with van der Waals surface area (Å²) in [7, 11) is 0. The molecular formula is C9H11ClN2. The van der Waals surface area contributed by atoms with Crippen LogP contribution in [0.15, 0.2) is 29.4 Å². The summed E-state index contributed by atoms with van der Waals surface area (Å²) in [5, 5.41) is 4.72. The highest BCUT2D eigenvalue weighted by Gasteiger charge is 1.86. The lowest BCUT2D eigenvalue weighted by molar-refractivity contribution is 0.788. The first kappa shape index (κ1) is 9.07. The van der Waals surface area contributed by atoms with E-state index in [4.69, 9.17) is 11.6 Å². The van der Waals surface area contributed by atoms with Crippen molar-refractivity contribution in [3.05, 3.63) is 34.9 Å². The smallest absolute Gasteiger partial charge is 0.0540 e. The van der Waals surface area contributed by atoms with Gasteiger partial charge in [0.15, 0.2) is 0 Å². The van der Waals surface area contributed by atoms with Gasteiger partial charge in [0.25, 0.3) is 0 Å². The first-order chi connectivity index (χ1) is 5.83. The van der Waals surface area contributed by atoms with Crippen molar-refractivity contribution in [1.82, 2.24) is 5.43 Å². The van der Waals surface area contributed by atoms with Gasteiger partial charge in [0.1, 0.15) is 0 Å². The molecule has 0 amide bonds. The normalized spacial score (nSPS) is 10.5. The van der Waals surface area contributed by atoms with E-state index in [0.717, 1.165) is 17.1 Å². The lowest BCUT2D eigenvalue weighted by Gasteiger charge is -1.93. The molecule has 0 saturated heterocycles. The fourth-order valence-electron chi connectivity index (χ4n) is 0.760. The van der Waals surface area contributed by atoms with Crippen molar-refractivity contribution in [3.63, 3.8) is 0 Å². The number of hydrogen-bond acceptors (Lipinski definition) is 2. The second kappa shape index (κ2) is 4.78. The average molecular weight is 183 g/mol. The van der Waals surface area contributed by atoms with E-state index in [9.17, 15) is 0 Å². The Kier molecular flexibility index (Phi) is 3.61. The maximum atomic E-state index is 5.71. The van der Waals surface area contributed by atoms with E-state index in [0.29, 0.717) is 0 Å². The molecule has 1 rings (SSSR count). The second-order valence-corrected chi connectivity index (χ2v) is 2.76. The molecule has 0 aliphatic heterocycles. The van der Waals surface area contributed by atoms with Gasteiger partial charge < -0.3 is 5.43 Å². The van der Waals surface area contributed by atoms with Crippen molar-refractivity contribution >= 4 is 17.8 Å². The van der Waals surface area contributed by atoms with Gasteiger partial charge in [0.2, 0.25) is 0 Å². The minimum absolute atomic E-state index is 0.746. The second-order valence-electron chi connectivity index (χ2n) is 2.32. The zero-order valence-corrected chi connectivity index (χ0v) is 7.67. The van der Waals surface area contributed by atoms with E-state index in [2.05, 4.69) is 10.5 Å². The van der Waals surface area contributed by atoms with Crippen molar-refractivity contribution < 1.29 is 0 Å². The molecule has 0 saturated carbocycles. The molecule has 0 heterocycles. The highest BCUT2D eigenvalue weighted by Crippen LogP contribution is 2.07. The van der Waals surface area contributed by atoms with Crippen LogP contribution >= 0.6 is 11.6 Å². The highest BCUT2D eigenvalue weighted by molar-refractivity contribution is 6.30. The Morgan fingerprint density at radius 3 is 2.67 bits per heavy atom. The fraction of sp³-hybridized carbons (Fsp3) is 0.222. The van der Waals surface area contributed by atoms with E-state index in [1.165, 1.54) is 0 Å². The largest absolute Gasteiger partial charge is 0.310 e. The lowest BCUT2D eigenvalue weighted by Crippen LogP contribution is -2.02. The number of rotatable bonds is 3. The van der Waals surface area contributed by atoms with Crippen molar-refractivity contribution in [3.8, 4) is 0 Å². The summed E-state index contributed by atoms with van der Waals surface area (Å²) in [6.45, 7) is 2.84. The van der Waals surface area contributed by atoms with Gasteiger partial charge in [0, 0.05) is 11.6 Å². The molecule has 0 bridgehead atoms. The number of nitrogens with one attached hydrogen (secondary N) is 1. The van der Waals surface area contributed by atoms with Gasteiger partial charge in [-0.2, -0.15) is 5.10 Å². The maximum absolute atomic E-state index is 5.71. The number of hydrogen-bond donors (Lipinski definition) is 1. The van der Waals surface area contributed by atoms with Gasteiger partial charge in [-0.1, -0.05) is 23.7 Å². The van der Waals surface area contributed by atoms with Gasteiger partial charge in [-0.25, -0.2) is 0 Å². The molecule has 1 N–H and O–H groups in total. The Bertz CT molecular complexity index is 254. The number of halogens is 1. The van der Waals surface area contributed by atoms with Crippen LogP contribution < -0.4 is 5.43 Å². The lowest BCUT2D eigenvalue weighted by atomic mass is 10.2. The number of hydrazone groups is 1. The first-order valence-electron chi connectivity index (χ1n) is 3.84. The van der Waals surface area contributed by atoms with Crippen LogP contribution in [0.2, 0.25) is 5.02 Å². The Morgan fingerprint density at radius 2 is 2.08 bits per heavy atom. The summed E-state index contributed by atoms with van der Waals surface area (Å²) in [4.78, 5) is 0. The molecule has 0 radical (unpaired) electrons. The summed E-state index contributed by atoms with van der Waals surface area (Å²) in [6.07, 6.45) is 1.76. The minimum atomic E-state index is 0.746.